The van der Waals surface area contributed by atoms with Gasteiger partial charge >= 0.3 is 0 Å². The van der Waals surface area contributed by atoms with Crippen molar-refractivity contribution in [1.82, 2.24) is 0 Å². The Bertz CT molecular complexity index is 1280. The number of aromatic hydroxyl groups is 1. The summed E-state index contributed by atoms with van der Waals surface area (Å²) in [6, 6.07) is 13.8. The minimum absolute atomic E-state index is 0.0130. The van der Waals surface area contributed by atoms with Gasteiger partial charge in [0.15, 0.2) is 11.5 Å². The topological polar surface area (TPSA) is 143 Å². The molecule has 0 unspecified atom stereocenters. The molecule has 0 heterocycles. The van der Waals surface area contributed by atoms with E-state index in [2.05, 4.69) is 15.2 Å². The molecule has 10 nitrogen and oxygen atoms in total. The van der Waals surface area contributed by atoms with Gasteiger partial charge in [0, 0.05) is 22.8 Å². The molecule has 0 aromatic heterocycles. The lowest BCUT2D eigenvalue weighted by Gasteiger charge is -2.12. The van der Waals surface area contributed by atoms with Crippen molar-refractivity contribution in [3.05, 3.63) is 81.4 Å². The van der Waals surface area contributed by atoms with E-state index >= 15 is 0 Å². The number of anilines is 2. The highest BCUT2D eigenvalue weighted by Crippen LogP contribution is 2.29. The SMILES string of the molecule is COc1cc(/C=N/Nc2ccc([N+](=O)[O-])cc2S(=O)(=O)Nc2ccc(Cl)cc2)ccc1O. The lowest BCUT2D eigenvalue weighted by molar-refractivity contribution is -0.385. The fourth-order valence-electron chi connectivity index (χ4n) is 2.62. The molecule has 0 saturated heterocycles. The van der Waals surface area contributed by atoms with Crippen LogP contribution in [0.4, 0.5) is 17.1 Å². The Kier molecular flexibility index (Phi) is 6.81. The maximum absolute atomic E-state index is 12.9. The van der Waals surface area contributed by atoms with Gasteiger partial charge in [0.25, 0.3) is 15.7 Å². The van der Waals surface area contributed by atoms with Crippen molar-refractivity contribution in [3.63, 3.8) is 0 Å². The standard InChI is InChI=1S/C20H17ClN4O6S/c1-31-19-10-13(2-9-18(19)26)12-22-23-17-8-7-16(25(27)28)11-20(17)32(29,30)24-15-5-3-14(21)4-6-15/h2-12,23-24,26H,1H3/b22-12+. The van der Waals surface area contributed by atoms with Crippen LogP contribution >= 0.6 is 11.6 Å². The number of phenolic OH excluding ortho intramolecular Hbond substituents is 1. The highest BCUT2D eigenvalue weighted by atomic mass is 35.5. The number of phenols is 1. The van der Waals surface area contributed by atoms with Crippen molar-refractivity contribution in [2.75, 3.05) is 17.3 Å². The van der Waals surface area contributed by atoms with Gasteiger partial charge in [-0.2, -0.15) is 5.10 Å². The highest BCUT2D eigenvalue weighted by molar-refractivity contribution is 7.92. The van der Waals surface area contributed by atoms with E-state index in [0.717, 1.165) is 12.1 Å². The number of methoxy groups -OCH3 is 1. The fourth-order valence-corrected chi connectivity index (χ4v) is 3.98. The van der Waals surface area contributed by atoms with E-state index in [0.29, 0.717) is 10.6 Å². The van der Waals surface area contributed by atoms with E-state index in [-0.39, 0.29) is 27.8 Å². The number of benzene rings is 3. The molecule has 12 heteroatoms. The van der Waals surface area contributed by atoms with Crippen LogP contribution in [0, 0.1) is 10.1 Å². The number of non-ortho nitro benzene ring substituents is 1. The zero-order valence-corrected chi connectivity index (χ0v) is 18.1. The highest BCUT2D eigenvalue weighted by Gasteiger charge is 2.22. The van der Waals surface area contributed by atoms with E-state index in [9.17, 15) is 23.6 Å². The van der Waals surface area contributed by atoms with Crippen LogP contribution in [0.3, 0.4) is 0 Å². The summed E-state index contributed by atoms with van der Waals surface area (Å²) >= 11 is 5.82. The van der Waals surface area contributed by atoms with Gasteiger partial charge in [0.05, 0.1) is 23.9 Å². The Labute approximate surface area is 188 Å². The number of nitro benzene ring substituents is 1. The van der Waals surface area contributed by atoms with Crippen LogP contribution in [0.15, 0.2) is 70.7 Å². The first kappa shape index (κ1) is 22.8. The first-order valence-corrected chi connectivity index (χ1v) is 10.8. The van der Waals surface area contributed by atoms with Crippen molar-refractivity contribution in [3.8, 4) is 11.5 Å². The summed E-state index contributed by atoms with van der Waals surface area (Å²) in [6.07, 6.45) is 1.37. The maximum atomic E-state index is 12.9. The molecule has 0 fully saturated rings. The Morgan fingerprint density at radius 3 is 2.50 bits per heavy atom. The zero-order valence-electron chi connectivity index (χ0n) is 16.5. The molecule has 0 aliphatic carbocycles. The number of hydrogen-bond donors (Lipinski definition) is 3. The molecule has 3 rings (SSSR count). The van der Waals surface area contributed by atoms with E-state index in [1.165, 1.54) is 55.8 Å². The van der Waals surface area contributed by atoms with Crippen LogP contribution in [0.2, 0.25) is 5.02 Å². The first-order valence-electron chi connectivity index (χ1n) is 8.92. The van der Waals surface area contributed by atoms with Crippen molar-refractivity contribution < 1.29 is 23.2 Å². The van der Waals surface area contributed by atoms with Crippen LogP contribution in [-0.4, -0.2) is 31.8 Å². The van der Waals surface area contributed by atoms with Crippen LogP contribution in [0.25, 0.3) is 0 Å². The third-order valence-electron chi connectivity index (χ3n) is 4.16. The molecule has 3 aromatic rings. The summed E-state index contributed by atoms with van der Waals surface area (Å²) < 4.78 is 33.2. The Balaban J connectivity index is 1.92. The number of ether oxygens (including phenoxy) is 1. The monoisotopic (exact) mass is 476 g/mol. The normalized spacial score (nSPS) is 11.3. The lowest BCUT2D eigenvalue weighted by Crippen LogP contribution is -2.15. The second kappa shape index (κ2) is 9.54. The van der Waals surface area contributed by atoms with Gasteiger partial charge < -0.3 is 9.84 Å². The number of rotatable bonds is 8. The molecule has 0 amide bonds. The van der Waals surface area contributed by atoms with Gasteiger partial charge in [-0.3, -0.25) is 20.3 Å². The lowest BCUT2D eigenvalue weighted by atomic mass is 10.2. The quantitative estimate of drug-likeness (QED) is 0.251. The van der Waals surface area contributed by atoms with E-state index in [4.69, 9.17) is 16.3 Å². The first-order chi connectivity index (χ1) is 15.2. The summed E-state index contributed by atoms with van der Waals surface area (Å²) in [4.78, 5) is 10.1. The Morgan fingerprint density at radius 1 is 1.12 bits per heavy atom. The van der Waals surface area contributed by atoms with E-state index < -0.39 is 20.6 Å². The minimum Gasteiger partial charge on any atom is -0.504 e. The number of hydrazone groups is 1. The number of sulfonamides is 1. The van der Waals surface area contributed by atoms with E-state index in [1.807, 2.05) is 0 Å². The molecular weight excluding hydrogens is 460 g/mol. The molecule has 3 aromatic carbocycles. The predicted octanol–water partition coefficient (Wildman–Crippen LogP) is 4.21. The third-order valence-corrected chi connectivity index (χ3v) is 5.84. The molecule has 0 aliphatic heterocycles. The molecule has 0 spiro atoms. The van der Waals surface area contributed by atoms with Crippen LogP contribution < -0.4 is 14.9 Å². The molecule has 0 saturated carbocycles. The van der Waals surface area contributed by atoms with Crippen LogP contribution in [0.1, 0.15) is 5.56 Å². The smallest absolute Gasteiger partial charge is 0.270 e. The molecular formula is C20H17ClN4O6S. The van der Waals surface area contributed by atoms with Gasteiger partial charge in [-0.25, -0.2) is 8.42 Å². The summed E-state index contributed by atoms with van der Waals surface area (Å²) in [5, 5.41) is 25.2. The number of hydrogen-bond acceptors (Lipinski definition) is 8. The fraction of sp³-hybridized carbons (Fsp3) is 0.0500. The van der Waals surface area contributed by atoms with Gasteiger partial charge in [0.2, 0.25) is 0 Å². The van der Waals surface area contributed by atoms with E-state index in [1.54, 1.807) is 6.07 Å². The third kappa shape index (κ3) is 5.45. The van der Waals surface area contributed by atoms with Gasteiger partial charge in [-0.05, 0) is 54.1 Å². The average molecular weight is 477 g/mol. The number of nitro groups is 1. The molecule has 3 N–H and O–H groups in total. The number of halogens is 1. The number of nitrogens with one attached hydrogen (secondary N) is 2. The summed E-state index contributed by atoms with van der Waals surface area (Å²) in [7, 11) is -2.81. The average Bonchev–Trinajstić information content (AvgIpc) is 2.76. The second-order valence-corrected chi connectivity index (χ2v) is 8.44. The van der Waals surface area contributed by atoms with Gasteiger partial charge in [0.1, 0.15) is 4.90 Å². The summed E-state index contributed by atoms with van der Waals surface area (Å²) in [5.41, 5.74) is 2.98. The van der Waals surface area contributed by atoms with Crippen molar-refractivity contribution in [1.29, 1.82) is 0 Å². The molecule has 0 aliphatic rings. The minimum atomic E-state index is -4.21. The Morgan fingerprint density at radius 2 is 1.84 bits per heavy atom. The van der Waals surface area contributed by atoms with Crippen molar-refractivity contribution >= 4 is 44.9 Å². The molecule has 0 bridgehead atoms. The van der Waals surface area contributed by atoms with Crippen LogP contribution in [-0.2, 0) is 10.0 Å². The zero-order chi connectivity index (χ0) is 23.3. The van der Waals surface area contributed by atoms with Gasteiger partial charge in [-0.1, -0.05) is 11.6 Å². The predicted molar refractivity (Wildman–Crippen MR) is 121 cm³/mol. The molecule has 166 valence electrons. The van der Waals surface area contributed by atoms with Crippen molar-refractivity contribution in [2.24, 2.45) is 5.10 Å². The van der Waals surface area contributed by atoms with Gasteiger partial charge in [-0.15, -0.1) is 0 Å². The Hall–Kier alpha value is -3.83. The summed E-state index contributed by atoms with van der Waals surface area (Å²) in [6.45, 7) is 0. The summed E-state index contributed by atoms with van der Waals surface area (Å²) in [5.74, 6) is 0.189. The van der Waals surface area contributed by atoms with Crippen molar-refractivity contribution in [2.45, 2.75) is 4.90 Å². The number of nitrogens with zero attached hydrogens (tertiary/aromatic N) is 2. The molecule has 0 radical (unpaired) electrons. The molecule has 32 heavy (non-hydrogen) atoms. The maximum Gasteiger partial charge on any atom is 0.270 e. The van der Waals surface area contributed by atoms with Crippen LogP contribution in [0.5, 0.6) is 11.5 Å². The second-order valence-electron chi connectivity index (χ2n) is 6.35. The largest absolute Gasteiger partial charge is 0.504 e. The molecule has 0 atom stereocenters.